The third-order valence-electron chi connectivity index (χ3n) is 2.38. The van der Waals surface area contributed by atoms with Crippen LogP contribution in [0.2, 0.25) is 0 Å². The van der Waals surface area contributed by atoms with Gasteiger partial charge >= 0.3 is 0 Å². The summed E-state index contributed by atoms with van der Waals surface area (Å²) in [6.07, 6.45) is 1.45. The second kappa shape index (κ2) is 2.70. The Labute approximate surface area is 83.1 Å². The Kier molecular flexibility index (Phi) is 1.48. The largest absolute Gasteiger partial charge is 0.463 e. The van der Waals surface area contributed by atoms with Crippen molar-refractivity contribution in [3.63, 3.8) is 0 Å². The van der Waals surface area contributed by atoms with Gasteiger partial charge in [0.1, 0.15) is 11.4 Å². The summed E-state index contributed by atoms with van der Waals surface area (Å²) in [5.74, 6) is -0.385. The molecule has 0 atom stereocenters. The number of H-pyrrole nitrogens is 1. The molecule has 0 bridgehead atoms. The van der Waals surface area contributed by atoms with E-state index in [2.05, 4.69) is 4.98 Å². The lowest BCUT2D eigenvalue weighted by molar-refractivity contribution is 0.618. The van der Waals surface area contributed by atoms with E-state index in [0.29, 0.717) is 21.9 Å². The fourth-order valence-electron chi connectivity index (χ4n) is 1.70. The van der Waals surface area contributed by atoms with E-state index >= 15 is 0 Å². The topological polar surface area (TPSA) is 46.0 Å². The third kappa shape index (κ3) is 1.08. The molecule has 0 saturated heterocycles. The first kappa shape index (κ1) is 8.23. The van der Waals surface area contributed by atoms with Crippen molar-refractivity contribution >= 4 is 21.9 Å². The first-order valence-electron chi connectivity index (χ1n) is 4.44. The maximum absolute atomic E-state index is 12.9. The van der Waals surface area contributed by atoms with Crippen molar-refractivity contribution in [2.24, 2.45) is 0 Å². The van der Waals surface area contributed by atoms with Gasteiger partial charge in [-0.25, -0.2) is 4.39 Å². The van der Waals surface area contributed by atoms with Gasteiger partial charge in [-0.15, -0.1) is 0 Å². The monoisotopic (exact) mass is 203 g/mol. The number of benzene rings is 1. The zero-order valence-electron chi connectivity index (χ0n) is 7.58. The summed E-state index contributed by atoms with van der Waals surface area (Å²) in [5.41, 5.74) is 0.674. The molecular weight excluding hydrogens is 197 g/mol. The van der Waals surface area contributed by atoms with Crippen molar-refractivity contribution in [1.29, 1.82) is 0 Å². The molecule has 0 saturated carbocycles. The first-order chi connectivity index (χ1) is 7.25. The number of aromatic nitrogens is 1. The number of hydrogen-bond acceptors (Lipinski definition) is 2. The van der Waals surface area contributed by atoms with Gasteiger partial charge in [-0.05, 0) is 24.3 Å². The van der Waals surface area contributed by atoms with E-state index in [1.807, 2.05) is 0 Å². The zero-order valence-corrected chi connectivity index (χ0v) is 7.58. The lowest BCUT2D eigenvalue weighted by Gasteiger charge is -1.98. The van der Waals surface area contributed by atoms with Gasteiger partial charge in [0.15, 0.2) is 0 Å². The number of halogens is 1. The fourth-order valence-corrected chi connectivity index (χ4v) is 1.70. The highest BCUT2D eigenvalue weighted by Gasteiger charge is 2.07. The van der Waals surface area contributed by atoms with Crippen molar-refractivity contribution in [3.8, 4) is 0 Å². The summed E-state index contributed by atoms with van der Waals surface area (Å²) in [6, 6.07) is 5.80. The van der Waals surface area contributed by atoms with Crippen LogP contribution in [0.3, 0.4) is 0 Å². The minimum atomic E-state index is -0.385. The average Bonchev–Trinajstić information content (AvgIpc) is 2.66. The molecule has 2 heterocycles. The minimum absolute atomic E-state index is 0.267. The van der Waals surface area contributed by atoms with E-state index in [1.165, 1.54) is 18.4 Å². The molecule has 0 fully saturated rings. The van der Waals surface area contributed by atoms with E-state index in [4.69, 9.17) is 4.42 Å². The van der Waals surface area contributed by atoms with Gasteiger partial charge in [0.05, 0.1) is 17.2 Å². The van der Waals surface area contributed by atoms with Gasteiger partial charge < -0.3 is 9.40 Å². The number of furan rings is 1. The Morgan fingerprint density at radius 1 is 1.20 bits per heavy atom. The molecule has 0 unspecified atom stereocenters. The van der Waals surface area contributed by atoms with Crippen LogP contribution in [0.5, 0.6) is 0 Å². The smallest absolute Gasteiger partial charge is 0.259 e. The summed E-state index contributed by atoms with van der Waals surface area (Å²) < 4.78 is 18.2. The summed E-state index contributed by atoms with van der Waals surface area (Å²) in [4.78, 5) is 14.1. The second-order valence-electron chi connectivity index (χ2n) is 3.31. The molecule has 15 heavy (non-hydrogen) atoms. The van der Waals surface area contributed by atoms with Crippen LogP contribution in [0.25, 0.3) is 21.9 Å². The highest BCUT2D eigenvalue weighted by atomic mass is 19.1. The van der Waals surface area contributed by atoms with Crippen LogP contribution < -0.4 is 5.56 Å². The number of hydrogen-bond donors (Lipinski definition) is 1. The van der Waals surface area contributed by atoms with Crippen LogP contribution in [0.4, 0.5) is 4.39 Å². The van der Waals surface area contributed by atoms with Gasteiger partial charge in [-0.2, -0.15) is 0 Å². The molecular formula is C11H6FNO2. The molecule has 3 aromatic rings. The summed E-state index contributed by atoms with van der Waals surface area (Å²) in [7, 11) is 0. The Hall–Kier alpha value is -2.10. The molecule has 1 aromatic carbocycles. The Morgan fingerprint density at radius 3 is 2.93 bits per heavy atom. The average molecular weight is 203 g/mol. The SMILES string of the molecule is O=c1[nH]c2cc(F)ccc2c2occc12. The molecule has 0 radical (unpaired) electrons. The second-order valence-corrected chi connectivity index (χ2v) is 3.31. The van der Waals surface area contributed by atoms with Crippen molar-refractivity contribution in [2.45, 2.75) is 0 Å². The van der Waals surface area contributed by atoms with Crippen LogP contribution in [0.15, 0.2) is 39.7 Å². The molecule has 4 heteroatoms. The number of pyridine rings is 1. The van der Waals surface area contributed by atoms with Gasteiger partial charge in [0.25, 0.3) is 5.56 Å². The van der Waals surface area contributed by atoms with E-state index < -0.39 is 0 Å². The standard InChI is InChI=1S/C11H6FNO2/c12-6-1-2-7-9(5-6)13-11(14)8-3-4-15-10(7)8/h1-5H,(H,13,14). The zero-order chi connectivity index (χ0) is 10.4. The van der Waals surface area contributed by atoms with Crippen LogP contribution in [-0.2, 0) is 0 Å². The van der Waals surface area contributed by atoms with Gasteiger partial charge in [0.2, 0.25) is 0 Å². The van der Waals surface area contributed by atoms with Crippen LogP contribution in [0, 0.1) is 5.82 Å². The van der Waals surface area contributed by atoms with Gasteiger partial charge in [-0.1, -0.05) is 0 Å². The molecule has 0 spiro atoms. The van der Waals surface area contributed by atoms with Gasteiger partial charge in [0, 0.05) is 5.39 Å². The van der Waals surface area contributed by atoms with Crippen LogP contribution in [-0.4, -0.2) is 4.98 Å². The molecule has 0 aliphatic heterocycles. The van der Waals surface area contributed by atoms with Crippen molar-refractivity contribution in [3.05, 3.63) is 46.7 Å². The highest BCUT2D eigenvalue weighted by molar-refractivity contribution is 6.01. The summed E-state index contributed by atoms with van der Waals surface area (Å²) in [5, 5.41) is 1.19. The lowest BCUT2D eigenvalue weighted by atomic mass is 10.2. The predicted octanol–water partition coefficient (Wildman–Crippen LogP) is 2.41. The quantitative estimate of drug-likeness (QED) is 0.609. The molecule has 0 aliphatic carbocycles. The number of nitrogens with one attached hydrogen (secondary N) is 1. The summed E-state index contributed by atoms with van der Waals surface area (Å²) in [6.45, 7) is 0. The fraction of sp³-hybridized carbons (Fsp3) is 0. The molecule has 3 rings (SSSR count). The van der Waals surface area contributed by atoms with Crippen LogP contribution >= 0.6 is 0 Å². The molecule has 1 N–H and O–H groups in total. The summed E-state index contributed by atoms with van der Waals surface area (Å²) >= 11 is 0. The molecule has 74 valence electrons. The Balaban J connectivity index is 2.66. The van der Waals surface area contributed by atoms with E-state index in [0.717, 1.165) is 0 Å². The maximum atomic E-state index is 12.9. The highest BCUT2D eigenvalue weighted by Crippen LogP contribution is 2.22. The normalized spacial score (nSPS) is 11.3. The molecule has 3 nitrogen and oxygen atoms in total. The lowest BCUT2D eigenvalue weighted by Crippen LogP contribution is -2.04. The van der Waals surface area contributed by atoms with Gasteiger partial charge in [-0.3, -0.25) is 4.79 Å². The number of rotatable bonds is 0. The minimum Gasteiger partial charge on any atom is -0.463 e. The van der Waals surface area contributed by atoms with Crippen molar-refractivity contribution in [1.82, 2.24) is 4.98 Å². The van der Waals surface area contributed by atoms with Crippen molar-refractivity contribution in [2.75, 3.05) is 0 Å². The Morgan fingerprint density at radius 2 is 2.07 bits per heavy atom. The van der Waals surface area contributed by atoms with Crippen molar-refractivity contribution < 1.29 is 8.81 Å². The number of aromatic amines is 1. The van der Waals surface area contributed by atoms with E-state index in [1.54, 1.807) is 12.1 Å². The maximum Gasteiger partial charge on any atom is 0.259 e. The molecule has 2 aromatic heterocycles. The molecule has 0 aliphatic rings. The number of fused-ring (bicyclic) bond motifs is 3. The van der Waals surface area contributed by atoms with E-state index in [-0.39, 0.29) is 11.4 Å². The van der Waals surface area contributed by atoms with E-state index in [9.17, 15) is 9.18 Å². The first-order valence-corrected chi connectivity index (χ1v) is 4.44. The van der Waals surface area contributed by atoms with Crippen LogP contribution in [0.1, 0.15) is 0 Å². The predicted molar refractivity (Wildman–Crippen MR) is 54.3 cm³/mol. The Bertz CT molecular complexity index is 711. The third-order valence-corrected chi connectivity index (χ3v) is 2.38. The molecule has 0 amide bonds.